The van der Waals surface area contributed by atoms with Crippen molar-refractivity contribution in [3.05, 3.63) is 86.8 Å². The van der Waals surface area contributed by atoms with Crippen molar-refractivity contribution in [3.8, 4) is 11.1 Å². The van der Waals surface area contributed by atoms with Gasteiger partial charge >= 0.3 is 0 Å². The summed E-state index contributed by atoms with van der Waals surface area (Å²) < 4.78 is 1.63. The van der Waals surface area contributed by atoms with Crippen LogP contribution in [0.3, 0.4) is 0 Å². The van der Waals surface area contributed by atoms with Crippen LogP contribution in [0.2, 0.25) is 0 Å². The summed E-state index contributed by atoms with van der Waals surface area (Å²) >= 11 is 0. The molecular weight excluding hydrogens is 400 g/mol. The number of pyridine rings is 1. The molecule has 0 aliphatic heterocycles. The van der Waals surface area contributed by atoms with Gasteiger partial charge in [-0.1, -0.05) is 42.5 Å². The molecule has 1 unspecified atom stereocenters. The lowest BCUT2D eigenvalue weighted by Gasteiger charge is -2.17. The minimum atomic E-state index is -0.174. The first kappa shape index (κ1) is 20.2. The number of hydrogen-bond donors (Lipinski definition) is 2. The number of nitrogens with zero attached hydrogens (tertiary/aromatic N) is 2. The topological polar surface area (TPSA) is 79.8 Å². The summed E-state index contributed by atoms with van der Waals surface area (Å²) in [6, 6.07) is 16.8. The summed E-state index contributed by atoms with van der Waals surface area (Å²) in [5.41, 5.74) is 7.69. The van der Waals surface area contributed by atoms with Crippen molar-refractivity contribution in [1.29, 1.82) is 0 Å². The highest BCUT2D eigenvalue weighted by atomic mass is 16.1. The zero-order chi connectivity index (χ0) is 22.4. The molecule has 1 aliphatic rings. The first-order valence-corrected chi connectivity index (χ1v) is 10.9. The van der Waals surface area contributed by atoms with E-state index in [0.717, 1.165) is 35.2 Å². The SMILES string of the molecule is Cc1nc2c(c(C)c1CC(=O)NC1CCc3ccc(-c4ccccc4)cc31)c(=O)[nH]n2C. The maximum absolute atomic E-state index is 13.0. The molecule has 6 heteroatoms. The quantitative estimate of drug-likeness (QED) is 0.520. The van der Waals surface area contributed by atoms with E-state index in [2.05, 4.69) is 45.7 Å². The Morgan fingerprint density at radius 1 is 1.16 bits per heavy atom. The van der Waals surface area contributed by atoms with Crippen LogP contribution in [0, 0.1) is 13.8 Å². The zero-order valence-corrected chi connectivity index (χ0v) is 18.5. The minimum Gasteiger partial charge on any atom is -0.349 e. The molecular formula is C26H26N4O2. The van der Waals surface area contributed by atoms with E-state index in [1.54, 1.807) is 11.7 Å². The molecule has 0 bridgehead atoms. The molecule has 6 nitrogen and oxygen atoms in total. The molecule has 2 N–H and O–H groups in total. The van der Waals surface area contributed by atoms with E-state index in [1.165, 1.54) is 16.7 Å². The number of H-pyrrole nitrogens is 1. The van der Waals surface area contributed by atoms with Crippen LogP contribution in [0.1, 0.15) is 40.4 Å². The lowest BCUT2D eigenvalue weighted by molar-refractivity contribution is -0.121. The lowest BCUT2D eigenvalue weighted by Crippen LogP contribution is -2.29. The van der Waals surface area contributed by atoms with Gasteiger partial charge in [0.2, 0.25) is 5.91 Å². The maximum Gasteiger partial charge on any atom is 0.273 e. The number of aromatic amines is 1. The van der Waals surface area contributed by atoms with Gasteiger partial charge in [0.15, 0.2) is 5.65 Å². The van der Waals surface area contributed by atoms with Crippen molar-refractivity contribution in [2.75, 3.05) is 0 Å². The summed E-state index contributed by atoms with van der Waals surface area (Å²) in [5.74, 6) is -0.0485. The van der Waals surface area contributed by atoms with Gasteiger partial charge in [-0.05, 0) is 66.1 Å². The summed E-state index contributed by atoms with van der Waals surface area (Å²) in [7, 11) is 1.77. The van der Waals surface area contributed by atoms with Crippen LogP contribution in [0.5, 0.6) is 0 Å². The van der Waals surface area contributed by atoms with E-state index in [4.69, 9.17) is 0 Å². The average Bonchev–Trinajstić information content (AvgIpc) is 3.31. The summed E-state index contributed by atoms with van der Waals surface area (Å²) in [4.78, 5) is 29.9. The third-order valence-corrected chi connectivity index (χ3v) is 6.58. The molecule has 1 amide bonds. The normalized spacial score (nSPS) is 15.2. The Balaban J connectivity index is 1.40. The number of carbonyl (C=O) groups is 1. The second kappa shape index (κ2) is 7.79. The fourth-order valence-corrected chi connectivity index (χ4v) is 4.88. The molecule has 2 aromatic carbocycles. The molecule has 5 rings (SSSR count). The van der Waals surface area contributed by atoms with Crippen LogP contribution >= 0.6 is 0 Å². The highest BCUT2D eigenvalue weighted by Gasteiger charge is 2.25. The number of fused-ring (bicyclic) bond motifs is 2. The Kier molecular flexibility index (Phi) is 4.93. The number of aromatic nitrogens is 3. The molecule has 0 radical (unpaired) electrons. The number of benzene rings is 2. The Morgan fingerprint density at radius 2 is 1.94 bits per heavy atom. The molecule has 2 aromatic heterocycles. The minimum absolute atomic E-state index is 0.00130. The Hall–Kier alpha value is -3.67. The van der Waals surface area contributed by atoms with Crippen LogP contribution < -0.4 is 10.9 Å². The van der Waals surface area contributed by atoms with E-state index >= 15 is 0 Å². The monoisotopic (exact) mass is 426 g/mol. The standard InChI is InChI=1S/C26H26N4O2/c1-15-20(16(2)27-25-24(15)26(32)29-30(25)3)14-23(31)28-22-12-11-18-9-10-19(13-21(18)22)17-7-5-4-6-8-17/h4-10,13,22H,11-12,14H2,1-3H3,(H,28,31)(H,29,32). The highest BCUT2D eigenvalue weighted by Crippen LogP contribution is 2.34. The van der Waals surface area contributed by atoms with E-state index in [9.17, 15) is 9.59 Å². The van der Waals surface area contributed by atoms with Gasteiger partial charge < -0.3 is 5.32 Å². The van der Waals surface area contributed by atoms with Crippen molar-refractivity contribution >= 4 is 16.9 Å². The molecule has 32 heavy (non-hydrogen) atoms. The van der Waals surface area contributed by atoms with Gasteiger partial charge in [-0.2, -0.15) is 0 Å². The molecule has 0 fully saturated rings. The van der Waals surface area contributed by atoms with Crippen LogP contribution in [-0.4, -0.2) is 20.7 Å². The Labute approximate surface area is 186 Å². The number of aryl methyl sites for hydroxylation is 4. The molecule has 1 atom stereocenters. The summed E-state index contributed by atoms with van der Waals surface area (Å²) in [6.45, 7) is 3.79. The van der Waals surface area contributed by atoms with E-state index in [1.807, 2.05) is 32.0 Å². The number of nitrogens with one attached hydrogen (secondary N) is 2. The first-order valence-electron chi connectivity index (χ1n) is 10.9. The summed E-state index contributed by atoms with van der Waals surface area (Å²) in [5, 5.41) is 6.53. The van der Waals surface area contributed by atoms with Crippen LogP contribution in [0.4, 0.5) is 0 Å². The van der Waals surface area contributed by atoms with E-state index in [0.29, 0.717) is 11.0 Å². The van der Waals surface area contributed by atoms with Gasteiger partial charge in [-0.15, -0.1) is 0 Å². The van der Waals surface area contributed by atoms with Crippen molar-refractivity contribution in [1.82, 2.24) is 20.1 Å². The average molecular weight is 427 g/mol. The molecule has 1 aliphatic carbocycles. The second-order valence-electron chi connectivity index (χ2n) is 8.61. The lowest BCUT2D eigenvalue weighted by atomic mass is 9.98. The van der Waals surface area contributed by atoms with Gasteiger partial charge in [0, 0.05) is 12.7 Å². The van der Waals surface area contributed by atoms with E-state index in [-0.39, 0.29) is 23.9 Å². The summed E-state index contributed by atoms with van der Waals surface area (Å²) in [6.07, 6.45) is 2.06. The van der Waals surface area contributed by atoms with Gasteiger partial charge in [-0.3, -0.25) is 19.4 Å². The fraction of sp³-hybridized carbons (Fsp3) is 0.269. The van der Waals surface area contributed by atoms with Crippen molar-refractivity contribution in [2.45, 2.75) is 39.2 Å². The third-order valence-electron chi connectivity index (χ3n) is 6.58. The number of rotatable bonds is 4. The van der Waals surface area contributed by atoms with Crippen LogP contribution in [-0.2, 0) is 24.7 Å². The highest BCUT2D eigenvalue weighted by molar-refractivity contribution is 5.85. The van der Waals surface area contributed by atoms with Crippen molar-refractivity contribution in [3.63, 3.8) is 0 Å². The van der Waals surface area contributed by atoms with E-state index < -0.39 is 0 Å². The van der Waals surface area contributed by atoms with Gasteiger partial charge in [0.1, 0.15) is 0 Å². The number of amides is 1. The number of carbonyl (C=O) groups excluding carboxylic acids is 1. The Bertz CT molecular complexity index is 1400. The van der Waals surface area contributed by atoms with Gasteiger partial charge in [-0.25, -0.2) is 4.98 Å². The second-order valence-corrected chi connectivity index (χ2v) is 8.61. The zero-order valence-electron chi connectivity index (χ0n) is 18.5. The van der Waals surface area contributed by atoms with Crippen LogP contribution in [0.25, 0.3) is 22.2 Å². The molecule has 4 aromatic rings. The van der Waals surface area contributed by atoms with Gasteiger partial charge in [0.05, 0.1) is 17.8 Å². The number of hydrogen-bond acceptors (Lipinski definition) is 3. The largest absolute Gasteiger partial charge is 0.349 e. The molecule has 162 valence electrons. The van der Waals surface area contributed by atoms with Crippen molar-refractivity contribution in [2.24, 2.45) is 7.05 Å². The smallest absolute Gasteiger partial charge is 0.273 e. The van der Waals surface area contributed by atoms with Crippen LogP contribution in [0.15, 0.2) is 53.3 Å². The van der Waals surface area contributed by atoms with Gasteiger partial charge in [0.25, 0.3) is 5.56 Å². The van der Waals surface area contributed by atoms with Crippen molar-refractivity contribution < 1.29 is 4.79 Å². The third kappa shape index (κ3) is 3.42. The molecule has 2 heterocycles. The first-order chi connectivity index (χ1) is 15.4. The maximum atomic E-state index is 13.0. The fourth-order valence-electron chi connectivity index (χ4n) is 4.88. The predicted molar refractivity (Wildman–Crippen MR) is 126 cm³/mol. The Morgan fingerprint density at radius 3 is 2.72 bits per heavy atom. The molecule has 0 saturated carbocycles. The molecule has 0 spiro atoms. The predicted octanol–water partition coefficient (Wildman–Crippen LogP) is 3.89. The molecule has 0 saturated heterocycles.